The van der Waals surface area contributed by atoms with Gasteiger partial charge in [-0.05, 0) is 43.9 Å². The van der Waals surface area contributed by atoms with E-state index in [-0.39, 0.29) is 18.3 Å². The summed E-state index contributed by atoms with van der Waals surface area (Å²) in [6.45, 7) is 5.18. The average Bonchev–Trinajstić information content (AvgIpc) is 3.19. The number of hydrogen-bond donors (Lipinski definition) is 2. The van der Waals surface area contributed by atoms with Crippen molar-refractivity contribution in [2.24, 2.45) is 0 Å². The highest BCUT2D eigenvalue weighted by Crippen LogP contribution is 2.27. The first kappa shape index (κ1) is 20.4. The van der Waals surface area contributed by atoms with E-state index in [9.17, 15) is 9.90 Å². The third-order valence-corrected chi connectivity index (χ3v) is 6.53. The second-order valence-electron chi connectivity index (χ2n) is 7.60. The van der Waals surface area contributed by atoms with Gasteiger partial charge in [-0.25, -0.2) is 15.0 Å². The van der Waals surface area contributed by atoms with Crippen LogP contribution in [0.3, 0.4) is 0 Å². The number of piperidine rings is 1. The molecule has 0 spiro atoms. The van der Waals surface area contributed by atoms with Crippen LogP contribution in [0.4, 0.5) is 16.8 Å². The molecule has 1 aromatic carbocycles. The van der Waals surface area contributed by atoms with Gasteiger partial charge < -0.3 is 15.3 Å². The molecule has 31 heavy (non-hydrogen) atoms. The molecule has 3 heterocycles. The van der Waals surface area contributed by atoms with Gasteiger partial charge in [-0.15, -0.1) is 0 Å². The van der Waals surface area contributed by atoms with E-state index in [1.54, 1.807) is 18.3 Å². The second-order valence-corrected chi connectivity index (χ2v) is 9.03. The molecule has 2 aromatic heterocycles. The topological polar surface area (TPSA) is 91.2 Å². The lowest BCUT2D eigenvalue weighted by Crippen LogP contribution is -2.36. The molecule has 0 unspecified atom stereocenters. The first-order valence-corrected chi connectivity index (χ1v) is 11.3. The lowest BCUT2D eigenvalue weighted by molar-refractivity contribution is 0.0996. The van der Waals surface area contributed by atoms with Gasteiger partial charge in [0.05, 0.1) is 18.5 Å². The number of ketones is 1. The minimum Gasteiger partial charge on any atom is -0.393 e. The van der Waals surface area contributed by atoms with Crippen molar-refractivity contribution in [3.8, 4) is 0 Å². The number of hydrogen-bond acceptors (Lipinski definition) is 8. The summed E-state index contributed by atoms with van der Waals surface area (Å²) in [6.07, 6.45) is 2.90. The molecule has 1 saturated heterocycles. The Kier molecular flexibility index (Phi) is 6.11. The largest absolute Gasteiger partial charge is 0.393 e. The summed E-state index contributed by atoms with van der Waals surface area (Å²) in [7, 11) is 0. The lowest BCUT2D eigenvalue weighted by Gasteiger charge is -2.30. The minimum atomic E-state index is -0.248. The van der Waals surface area contributed by atoms with E-state index in [2.05, 4.69) is 25.2 Å². The van der Waals surface area contributed by atoms with Gasteiger partial charge in [-0.3, -0.25) is 4.79 Å². The SMILES string of the molecule is [2H]c1cc(C)c(CC(=O)c2cnc(Nc3cc(N4CCC(O)CC4)nc(C)n3)s2)c(Cl)c1. The van der Waals surface area contributed by atoms with E-state index in [4.69, 9.17) is 13.0 Å². The van der Waals surface area contributed by atoms with Crippen LogP contribution in [0, 0.1) is 13.8 Å². The van der Waals surface area contributed by atoms with Gasteiger partial charge in [0.25, 0.3) is 0 Å². The monoisotopic (exact) mass is 458 g/mol. The quantitative estimate of drug-likeness (QED) is 0.531. The summed E-state index contributed by atoms with van der Waals surface area (Å²) in [5.41, 5.74) is 1.56. The first-order valence-electron chi connectivity index (χ1n) is 10.6. The third-order valence-electron chi connectivity index (χ3n) is 5.24. The van der Waals surface area contributed by atoms with Gasteiger partial charge in [-0.2, -0.15) is 0 Å². The molecule has 0 amide bonds. The van der Waals surface area contributed by atoms with E-state index >= 15 is 0 Å². The predicted molar refractivity (Wildman–Crippen MR) is 124 cm³/mol. The van der Waals surface area contributed by atoms with Crippen molar-refractivity contribution >= 4 is 45.5 Å². The van der Waals surface area contributed by atoms with E-state index in [0.29, 0.717) is 32.7 Å². The van der Waals surface area contributed by atoms with Gasteiger partial charge in [0.15, 0.2) is 10.9 Å². The van der Waals surface area contributed by atoms with Crippen LogP contribution in [0.5, 0.6) is 0 Å². The minimum absolute atomic E-state index is 0.0790. The van der Waals surface area contributed by atoms with Crippen LogP contribution in [0.25, 0.3) is 0 Å². The van der Waals surface area contributed by atoms with Crippen LogP contribution in [-0.4, -0.2) is 45.0 Å². The number of benzene rings is 1. The summed E-state index contributed by atoms with van der Waals surface area (Å²) in [5.74, 6) is 1.97. The summed E-state index contributed by atoms with van der Waals surface area (Å²) >= 11 is 7.51. The van der Waals surface area contributed by atoms with Gasteiger partial charge >= 0.3 is 0 Å². The van der Waals surface area contributed by atoms with Crippen LogP contribution in [-0.2, 0) is 6.42 Å². The average molecular weight is 459 g/mol. The number of carbonyl (C=O) groups is 1. The molecule has 3 aromatic rings. The van der Waals surface area contributed by atoms with Crippen LogP contribution in [0.2, 0.25) is 5.02 Å². The van der Waals surface area contributed by atoms with Crippen molar-refractivity contribution in [3.05, 3.63) is 57.3 Å². The third kappa shape index (κ3) is 5.20. The van der Waals surface area contributed by atoms with Crippen LogP contribution in [0.1, 0.15) is 40.8 Å². The van der Waals surface area contributed by atoms with Gasteiger partial charge in [0.1, 0.15) is 17.5 Å². The zero-order valence-electron chi connectivity index (χ0n) is 18.4. The molecule has 1 fully saturated rings. The molecule has 0 atom stereocenters. The Morgan fingerprint density at radius 2 is 2.13 bits per heavy atom. The van der Waals surface area contributed by atoms with E-state index in [0.717, 1.165) is 42.9 Å². The van der Waals surface area contributed by atoms with Crippen LogP contribution < -0.4 is 10.2 Å². The fourth-order valence-electron chi connectivity index (χ4n) is 3.52. The Labute approximate surface area is 191 Å². The maximum atomic E-state index is 12.8. The standard InChI is InChI=1S/C22H24ClN5O2S/c1-13-4-3-5-17(23)16(13)10-18(30)19-12-24-22(31-19)27-20-11-21(26-14(2)25-20)28-8-6-15(29)7-9-28/h3-5,11-12,15,29H,6-10H2,1-2H3,(H,24,25,26,27)/i3D. The molecule has 1 aliphatic rings. The molecule has 7 nitrogen and oxygen atoms in total. The van der Waals surface area contributed by atoms with Crippen molar-refractivity contribution in [3.63, 3.8) is 0 Å². The molecule has 9 heteroatoms. The maximum Gasteiger partial charge on any atom is 0.188 e. The highest BCUT2D eigenvalue weighted by molar-refractivity contribution is 7.17. The molecule has 0 aliphatic carbocycles. The first-order chi connectivity index (χ1) is 15.3. The Morgan fingerprint density at radius 1 is 1.35 bits per heavy atom. The molecule has 0 bridgehead atoms. The predicted octanol–water partition coefficient (Wildman–Crippen LogP) is 4.33. The van der Waals surface area contributed by atoms with Crippen LogP contribution >= 0.6 is 22.9 Å². The van der Waals surface area contributed by atoms with E-state index in [1.165, 1.54) is 11.3 Å². The second kappa shape index (κ2) is 9.30. The number of thiazole rings is 1. The van der Waals surface area contributed by atoms with Gasteiger partial charge in [0.2, 0.25) is 0 Å². The molecular formula is C22H24ClN5O2S. The van der Waals surface area contributed by atoms with Crippen molar-refractivity contribution < 1.29 is 11.3 Å². The number of aryl methyl sites for hydroxylation is 2. The lowest BCUT2D eigenvalue weighted by atomic mass is 10.0. The number of Topliss-reactive ketones (excluding diaryl/α,β-unsaturated/α-hetero) is 1. The zero-order valence-corrected chi connectivity index (χ0v) is 18.9. The normalized spacial score (nSPS) is 15.1. The summed E-state index contributed by atoms with van der Waals surface area (Å²) in [5, 5.41) is 13.9. The van der Waals surface area contributed by atoms with Gasteiger partial charge in [0, 0.05) is 30.6 Å². The number of nitrogens with one attached hydrogen (secondary N) is 1. The maximum absolute atomic E-state index is 12.8. The number of carbonyl (C=O) groups excluding carboxylic acids is 1. The number of aromatic nitrogens is 3. The molecule has 2 N–H and O–H groups in total. The molecular weight excluding hydrogens is 434 g/mol. The summed E-state index contributed by atoms with van der Waals surface area (Å²) in [6, 6.07) is 5.44. The fourth-order valence-corrected chi connectivity index (χ4v) is 4.56. The van der Waals surface area contributed by atoms with E-state index < -0.39 is 0 Å². The number of aliphatic hydroxyl groups excluding tert-OH is 1. The van der Waals surface area contributed by atoms with Crippen molar-refractivity contribution in [1.29, 1.82) is 0 Å². The zero-order chi connectivity index (χ0) is 22.8. The highest BCUT2D eigenvalue weighted by Gasteiger charge is 2.20. The number of aliphatic hydroxyl groups is 1. The molecule has 162 valence electrons. The highest BCUT2D eigenvalue weighted by atomic mass is 35.5. The van der Waals surface area contributed by atoms with Crippen LogP contribution in [0.15, 0.2) is 30.4 Å². The Balaban J connectivity index is 1.47. The molecule has 4 rings (SSSR count). The summed E-state index contributed by atoms with van der Waals surface area (Å²) in [4.78, 5) is 28.7. The molecule has 0 radical (unpaired) electrons. The molecule has 1 aliphatic heterocycles. The fraction of sp³-hybridized carbons (Fsp3) is 0.364. The smallest absolute Gasteiger partial charge is 0.188 e. The Bertz CT molecular complexity index is 1120. The Hall–Kier alpha value is -2.55. The van der Waals surface area contributed by atoms with Gasteiger partial charge in [-0.1, -0.05) is 35.0 Å². The number of rotatable bonds is 6. The van der Waals surface area contributed by atoms with Crippen molar-refractivity contribution in [2.75, 3.05) is 23.3 Å². The van der Waals surface area contributed by atoms with E-state index in [1.807, 2.05) is 19.9 Å². The van der Waals surface area contributed by atoms with Crippen molar-refractivity contribution in [2.45, 2.75) is 39.2 Å². The Morgan fingerprint density at radius 3 is 2.87 bits per heavy atom. The summed E-state index contributed by atoms with van der Waals surface area (Å²) < 4.78 is 7.72. The number of nitrogens with zero attached hydrogens (tertiary/aromatic N) is 4. The molecule has 0 saturated carbocycles. The number of halogens is 1. The number of anilines is 3. The van der Waals surface area contributed by atoms with Crippen molar-refractivity contribution in [1.82, 2.24) is 15.0 Å².